The Kier molecular flexibility index (Phi) is 6.97. The number of halogens is 1. The van der Waals surface area contributed by atoms with Gasteiger partial charge in [-0.15, -0.1) is 5.10 Å². The molecule has 0 spiro atoms. The van der Waals surface area contributed by atoms with Gasteiger partial charge in [-0.3, -0.25) is 9.78 Å². The highest BCUT2D eigenvalue weighted by molar-refractivity contribution is 6.33. The fourth-order valence-electron chi connectivity index (χ4n) is 4.50. The Bertz CT molecular complexity index is 1660. The first-order chi connectivity index (χ1) is 18.3. The lowest BCUT2D eigenvalue weighted by atomic mass is 9.92. The number of aromatic nitrogens is 4. The Morgan fingerprint density at radius 3 is 2.42 bits per heavy atom. The maximum absolute atomic E-state index is 12.9. The van der Waals surface area contributed by atoms with Gasteiger partial charge in [-0.25, -0.2) is 9.50 Å². The lowest BCUT2D eigenvalue weighted by molar-refractivity contribution is 0.102. The van der Waals surface area contributed by atoms with Crippen LogP contribution in [0, 0.1) is 13.8 Å². The maximum atomic E-state index is 12.9. The Morgan fingerprint density at radius 2 is 1.74 bits per heavy atom. The van der Waals surface area contributed by atoms with Gasteiger partial charge in [-0.05, 0) is 71.3 Å². The molecule has 0 saturated carbocycles. The molecule has 8 heteroatoms. The number of fused-ring (bicyclic) bond motifs is 1. The van der Waals surface area contributed by atoms with Crippen LogP contribution in [0.15, 0.2) is 67.0 Å². The molecule has 2 N–H and O–H groups in total. The molecule has 1 amide bonds. The first kappa shape index (κ1) is 25.6. The standard InChI is InChI=1S/C30H28ClN5O2/c1-17(2)21-11-12-27(32-14-21)30(38)33-26-10-6-8-23(19(26)4)22-7-5-9-24(18(22)3)28-34-29-25(31)13-20(16-37)15-36(29)35-28/h5-15,17,37H,16H2,1-4H3,(H,33,38). The summed E-state index contributed by atoms with van der Waals surface area (Å²) in [6, 6.07) is 17.2. The Hall–Kier alpha value is -4.07. The van der Waals surface area contributed by atoms with Crippen LogP contribution in [0.5, 0.6) is 0 Å². The zero-order valence-corrected chi connectivity index (χ0v) is 22.4. The highest BCUT2D eigenvalue weighted by atomic mass is 35.5. The molecule has 0 bridgehead atoms. The second-order valence-corrected chi connectivity index (χ2v) is 10.0. The fraction of sp³-hybridized carbons (Fsp3) is 0.200. The zero-order valence-electron chi connectivity index (χ0n) is 21.7. The van der Waals surface area contributed by atoms with E-state index in [1.807, 2.05) is 56.3 Å². The topological polar surface area (TPSA) is 92.4 Å². The quantitative estimate of drug-likeness (QED) is 0.260. The average Bonchev–Trinajstić information content (AvgIpc) is 3.35. The molecule has 0 saturated heterocycles. The molecular formula is C30H28ClN5O2. The van der Waals surface area contributed by atoms with Gasteiger partial charge in [0, 0.05) is 23.6 Å². The van der Waals surface area contributed by atoms with Crippen molar-refractivity contribution in [3.8, 4) is 22.5 Å². The summed E-state index contributed by atoms with van der Waals surface area (Å²) in [5, 5.41) is 17.6. The van der Waals surface area contributed by atoms with E-state index in [9.17, 15) is 9.90 Å². The SMILES string of the molecule is Cc1c(NC(=O)c2ccc(C(C)C)cn2)cccc1-c1cccc(-c2nc3c(Cl)cc(CO)cn3n2)c1C. The molecule has 0 unspecified atom stereocenters. The minimum Gasteiger partial charge on any atom is -0.392 e. The third-order valence-electron chi connectivity index (χ3n) is 6.76. The number of carbonyl (C=O) groups is 1. The van der Waals surface area contributed by atoms with Crippen LogP contribution in [0.1, 0.15) is 52.5 Å². The fourth-order valence-corrected chi connectivity index (χ4v) is 4.77. The van der Waals surface area contributed by atoms with Gasteiger partial charge < -0.3 is 10.4 Å². The van der Waals surface area contributed by atoms with Crippen LogP contribution in [0.3, 0.4) is 0 Å². The Balaban J connectivity index is 1.49. The van der Waals surface area contributed by atoms with Gasteiger partial charge in [0.1, 0.15) is 5.69 Å². The average molecular weight is 526 g/mol. The minimum absolute atomic E-state index is 0.134. The summed E-state index contributed by atoms with van der Waals surface area (Å²) >= 11 is 6.38. The van der Waals surface area contributed by atoms with Crippen molar-refractivity contribution in [3.05, 3.63) is 100.0 Å². The number of amides is 1. The third kappa shape index (κ3) is 4.78. The zero-order chi connectivity index (χ0) is 27.0. The van der Waals surface area contributed by atoms with Crippen LogP contribution in [-0.2, 0) is 6.61 Å². The molecule has 192 valence electrons. The van der Waals surface area contributed by atoms with Crippen molar-refractivity contribution in [1.29, 1.82) is 0 Å². The van der Waals surface area contributed by atoms with E-state index in [0.717, 1.165) is 39.1 Å². The van der Waals surface area contributed by atoms with Crippen LogP contribution in [-0.4, -0.2) is 30.6 Å². The molecule has 0 aliphatic carbocycles. The Labute approximate surface area is 226 Å². The minimum atomic E-state index is -0.251. The van der Waals surface area contributed by atoms with E-state index in [2.05, 4.69) is 34.2 Å². The predicted octanol–water partition coefficient (Wildman–Crippen LogP) is 6.60. The van der Waals surface area contributed by atoms with Crippen LogP contribution in [0.2, 0.25) is 5.02 Å². The first-order valence-electron chi connectivity index (χ1n) is 12.4. The number of nitrogens with one attached hydrogen (secondary N) is 1. The molecule has 5 rings (SSSR count). The molecule has 0 aliphatic rings. The number of aliphatic hydroxyl groups excluding tert-OH is 1. The smallest absolute Gasteiger partial charge is 0.274 e. The van der Waals surface area contributed by atoms with E-state index in [1.54, 1.807) is 29.0 Å². The van der Waals surface area contributed by atoms with Gasteiger partial charge in [0.05, 0.1) is 11.6 Å². The maximum Gasteiger partial charge on any atom is 0.274 e. The molecule has 0 aliphatic heterocycles. The van der Waals surface area contributed by atoms with Gasteiger partial charge in [0.15, 0.2) is 11.5 Å². The predicted molar refractivity (Wildman–Crippen MR) is 151 cm³/mol. The van der Waals surface area contributed by atoms with Gasteiger partial charge in [-0.2, -0.15) is 0 Å². The van der Waals surface area contributed by atoms with Crippen molar-refractivity contribution >= 4 is 28.8 Å². The molecule has 5 aromatic rings. The van der Waals surface area contributed by atoms with Gasteiger partial charge in [-0.1, -0.05) is 61.8 Å². The molecular weight excluding hydrogens is 498 g/mol. The number of rotatable bonds is 6. The second kappa shape index (κ2) is 10.4. The molecule has 3 heterocycles. The van der Waals surface area contributed by atoms with Crippen molar-refractivity contribution in [2.45, 2.75) is 40.2 Å². The summed E-state index contributed by atoms with van der Waals surface area (Å²) in [6.07, 6.45) is 3.47. The van der Waals surface area contributed by atoms with E-state index in [-0.39, 0.29) is 12.5 Å². The summed E-state index contributed by atoms with van der Waals surface area (Å²) < 4.78 is 1.60. The van der Waals surface area contributed by atoms with E-state index in [1.165, 1.54) is 0 Å². The number of benzene rings is 2. The summed E-state index contributed by atoms with van der Waals surface area (Å²) in [7, 11) is 0. The molecule has 0 fully saturated rings. The number of hydrogen-bond donors (Lipinski definition) is 2. The van der Waals surface area contributed by atoms with Crippen LogP contribution < -0.4 is 5.32 Å². The number of carbonyl (C=O) groups excluding carboxylic acids is 1. The molecule has 2 aromatic carbocycles. The summed E-state index contributed by atoms with van der Waals surface area (Å²) in [4.78, 5) is 21.9. The van der Waals surface area contributed by atoms with E-state index in [4.69, 9.17) is 11.6 Å². The molecule has 3 aromatic heterocycles. The largest absolute Gasteiger partial charge is 0.392 e. The van der Waals surface area contributed by atoms with Gasteiger partial charge in [0.25, 0.3) is 5.91 Å². The van der Waals surface area contributed by atoms with E-state index < -0.39 is 0 Å². The van der Waals surface area contributed by atoms with Crippen LogP contribution >= 0.6 is 11.6 Å². The summed E-state index contributed by atoms with van der Waals surface area (Å²) in [5.41, 5.74) is 8.19. The number of anilines is 1. The molecule has 7 nitrogen and oxygen atoms in total. The summed E-state index contributed by atoms with van der Waals surface area (Å²) in [6.45, 7) is 8.07. The summed E-state index contributed by atoms with van der Waals surface area (Å²) in [5.74, 6) is 0.640. The first-order valence-corrected chi connectivity index (χ1v) is 12.8. The number of pyridine rings is 2. The van der Waals surface area contributed by atoms with Crippen molar-refractivity contribution in [3.63, 3.8) is 0 Å². The van der Waals surface area contributed by atoms with Crippen molar-refractivity contribution in [1.82, 2.24) is 19.6 Å². The molecule has 38 heavy (non-hydrogen) atoms. The molecule has 0 radical (unpaired) electrons. The van der Waals surface area contributed by atoms with Crippen molar-refractivity contribution in [2.24, 2.45) is 0 Å². The van der Waals surface area contributed by atoms with Crippen LogP contribution in [0.4, 0.5) is 5.69 Å². The normalized spacial score (nSPS) is 11.3. The third-order valence-corrected chi connectivity index (χ3v) is 7.04. The van der Waals surface area contributed by atoms with Gasteiger partial charge >= 0.3 is 0 Å². The number of aliphatic hydroxyl groups is 1. The second-order valence-electron chi connectivity index (χ2n) is 9.60. The lowest BCUT2D eigenvalue weighted by Gasteiger charge is -2.16. The van der Waals surface area contributed by atoms with E-state index >= 15 is 0 Å². The van der Waals surface area contributed by atoms with E-state index in [0.29, 0.717) is 33.7 Å². The van der Waals surface area contributed by atoms with Gasteiger partial charge in [0.2, 0.25) is 0 Å². The van der Waals surface area contributed by atoms with Crippen LogP contribution in [0.25, 0.3) is 28.2 Å². The Morgan fingerprint density at radius 1 is 1.03 bits per heavy atom. The number of hydrogen-bond acceptors (Lipinski definition) is 5. The molecule has 0 atom stereocenters. The highest BCUT2D eigenvalue weighted by Gasteiger charge is 2.17. The van der Waals surface area contributed by atoms with Crippen molar-refractivity contribution < 1.29 is 9.90 Å². The van der Waals surface area contributed by atoms with Crippen molar-refractivity contribution in [2.75, 3.05) is 5.32 Å². The monoisotopic (exact) mass is 525 g/mol. The lowest BCUT2D eigenvalue weighted by Crippen LogP contribution is -2.14. The number of nitrogens with zero attached hydrogens (tertiary/aromatic N) is 4. The highest BCUT2D eigenvalue weighted by Crippen LogP contribution is 2.35.